The van der Waals surface area contributed by atoms with Gasteiger partial charge in [-0.15, -0.1) is 0 Å². The molecular formula is C16H23FN2O3S. The molecule has 1 aliphatic rings. The smallest absolute Gasteiger partial charge is 0.240 e. The second kappa shape index (κ2) is 7.40. The van der Waals surface area contributed by atoms with Gasteiger partial charge in [0.2, 0.25) is 15.9 Å². The van der Waals surface area contributed by atoms with E-state index in [0.717, 1.165) is 25.5 Å². The van der Waals surface area contributed by atoms with Crippen molar-refractivity contribution in [1.82, 2.24) is 9.62 Å². The maximum absolute atomic E-state index is 13.2. The molecule has 1 saturated heterocycles. The largest absolute Gasteiger partial charge is 0.340 e. The van der Waals surface area contributed by atoms with Gasteiger partial charge in [-0.25, -0.2) is 17.5 Å². The van der Waals surface area contributed by atoms with Gasteiger partial charge >= 0.3 is 0 Å². The highest BCUT2D eigenvalue weighted by Gasteiger charge is 2.26. The third-order valence-electron chi connectivity index (χ3n) is 4.23. The van der Waals surface area contributed by atoms with Gasteiger partial charge in [0.05, 0.1) is 4.90 Å². The Hall–Kier alpha value is -1.47. The predicted molar refractivity (Wildman–Crippen MR) is 86.0 cm³/mol. The van der Waals surface area contributed by atoms with E-state index < -0.39 is 15.8 Å². The number of rotatable bonds is 7. The van der Waals surface area contributed by atoms with Crippen LogP contribution < -0.4 is 4.72 Å². The fourth-order valence-electron chi connectivity index (χ4n) is 2.86. The number of benzene rings is 1. The molecule has 1 N–H and O–H groups in total. The zero-order chi connectivity index (χ0) is 17.0. The first-order valence-corrected chi connectivity index (χ1v) is 9.38. The van der Waals surface area contributed by atoms with Crippen LogP contribution in [0.1, 0.15) is 38.2 Å². The second-order valence-electron chi connectivity index (χ2n) is 5.85. The molecule has 1 aromatic rings. The number of sulfonamides is 1. The molecule has 5 nitrogen and oxygen atoms in total. The molecule has 0 aliphatic carbocycles. The van der Waals surface area contributed by atoms with Gasteiger partial charge in [-0.05, 0) is 49.9 Å². The number of halogens is 1. The number of carbonyl (C=O) groups is 1. The number of amides is 1. The number of carbonyl (C=O) groups excluding carboxylic acids is 1. The third-order valence-corrected chi connectivity index (χ3v) is 5.69. The first-order chi connectivity index (χ1) is 10.8. The summed E-state index contributed by atoms with van der Waals surface area (Å²) in [6, 6.07) is 3.79. The van der Waals surface area contributed by atoms with Crippen molar-refractivity contribution in [2.45, 2.75) is 50.5 Å². The summed E-state index contributed by atoms with van der Waals surface area (Å²) in [5, 5.41) is 0. The van der Waals surface area contributed by atoms with Crippen molar-refractivity contribution in [2.24, 2.45) is 0 Å². The molecule has 0 aromatic heterocycles. The quantitative estimate of drug-likeness (QED) is 0.826. The minimum atomic E-state index is -3.66. The lowest BCUT2D eigenvalue weighted by atomic mass is 10.1. The zero-order valence-electron chi connectivity index (χ0n) is 13.5. The lowest BCUT2D eigenvalue weighted by Crippen LogP contribution is -2.38. The summed E-state index contributed by atoms with van der Waals surface area (Å²) in [6.45, 7) is 4.52. The van der Waals surface area contributed by atoms with E-state index in [1.165, 1.54) is 19.1 Å². The van der Waals surface area contributed by atoms with Crippen LogP contribution in [0.2, 0.25) is 0 Å². The van der Waals surface area contributed by atoms with Gasteiger partial charge in [0.25, 0.3) is 0 Å². The second-order valence-corrected chi connectivity index (χ2v) is 7.62. The molecule has 128 valence electrons. The standard InChI is InChI=1S/C16H23FN2O3S/c1-3-13(19-10-4-5-16(19)20)8-9-18-23(21,22)14-6-7-15(17)12(2)11-14/h6-7,11,13,18H,3-5,8-10H2,1-2H3/t13-/m0/s1. The van der Waals surface area contributed by atoms with Crippen LogP contribution in [0.4, 0.5) is 4.39 Å². The van der Waals surface area contributed by atoms with Gasteiger partial charge in [0.15, 0.2) is 0 Å². The Morgan fingerprint density at radius 2 is 2.13 bits per heavy atom. The van der Waals surface area contributed by atoms with Gasteiger partial charge in [-0.1, -0.05) is 6.92 Å². The van der Waals surface area contributed by atoms with Crippen molar-refractivity contribution in [2.75, 3.05) is 13.1 Å². The van der Waals surface area contributed by atoms with E-state index in [0.29, 0.717) is 18.4 Å². The Labute approximate surface area is 136 Å². The monoisotopic (exact) mass is 342 g/mol. The van der Waals surface area contributed by atoms with Gasteiger partial charge in [-0.2, -0.15) is 0 Å². The van der Waals surface area contributed by atoms with E-state index in [-0.39, 0.29) is 23.4 Å². The molecule has 1 aromatic carbocycles. The molecule has 1 aliphatic heterocycles. The molecule has 1 amide bonds. The van der Waals surface area contributed by atoms with Crippen molar-refractivity contribution in [3.63, 3.8) is 0 Å². The van der Waals surface area contributed by atoms with E-state index in [1.807, 2.05) is 11.8 Å². The molecule has 0 bridgehead atoms. The molecule has 1 heterocycles. The number of nitrogens with zero attached hydrogens (tertiary/aromatic N) is 1. The van der Waals surface area contributed by atoms with E-state index in [9.17, 15) is 17.6 Å². The van der Waals surface area contributed by atoms with Crippen molar-refractivity contribution in [1.29, 1.82) is 0 Å². The highest BCUT2D eigenvalue weighted by atomic mass is 32.2. The zero-order valence-corrected chi connectivity index (χ0v) is 14.3. The van der Waals surface area contributed by atoms with Crippen LogP contribution in [0.5, 0.6) is 0 Å². The highest BCUT2D eigenvalue weighted by molar-refractivity contribution is 7.89. The molecule has 0 unspecified atom stereocenters. The summed E-state index contributed by atoms with van der Waals surface area (Å²) in [6.07, 6.45) is 2.82. The van der Waals surface area contributed by atoms with Gasteiger partial charge < -0.3 is 4.90 Å². The molecule has 23 heavy (non-hydrogen) atoms. The summed E-state index contributed by atoms with van der Waals surface area (Å²) in [4.78, 5) is 13.7. The van der Waals surface area contributed by atoms with Crippen LogP contribution in [-0.2, 0) is 14.8 Å². The number of likely N-dealkylation sites (tertiary alicyclic amines) is 1. The van der Waals surface area contributed by atoms with Crippen molar-refractivity contribution < 1.29 is 17.6 Å². The Kier molecular flexibility index (Phi) is 5.75. The lowest BCUT2D eigenvalue weighted by Gasteiger charge is -2.26. The molecule has 0 saturated carbocycles. The highest BCUT2D eigenvalue weighted by Crippen LogP contribution is 2.18. The van der Waals surface area contributed by atoms with Crippen molar-refractivity contribution >= 4 is 15.9 Å². The van der Waals surface area contributed by atoms with E-state index in [1.54, 1.807) is 0 Å². The first-order valence-electron chi connectivity index (χ1n) is 7.90. The van der Waals surface area contributed by atoms with Crippen LogP contribution in [0.25, 0.3) is 0 Å². The maximum Gasteiger partial charge on any atom is 0.240 e. The fourth-order valence-corrected chi connectivity index (χ4v) is 4.00. The molecule has 0 spiro atoms. The van der Waals surface area contributed by atoms with Crippen LogP contribution in [0, 0.1) is 12.7 Å². The van der Waals surface area contributed by atoms with E-state index >= 15 is 0 Å². The predicted octanol–water partition coefficient (Wildman–Crippen LogP) is 2.20. The summed E-state index contributed by atoms with van der Waals surface area (Å²) in [5.41, 5.74) is 0.293. The number of nitrogens with one attached hydrogen (secondary N) is 1. The minimum Gasteiger partial charge on any atom is -0.340 e. The average Bonchev–Trinajstić information content (AvgIpc) is 2.92. The lowest BCUT2D eigenvalue weighted by molar-refractivity contribution is -0.129. The third kappa shape index (κ3) is 4.29. The topological polar surface area (TPSA) is 66.5 Å². The van der Waals surface area contributed by atoms with E-state index in [4.69, 9.17) is 0 Å². The SMILES string of the molecule is CC[C@@H](CCNS(=O)(=O)c1ccc(F)c(C)c1)N1CCCC1=O. The van der Waals surface area contributed by atoms with Crippen molar-refractivity contribution in [3.8, 4) is 0 Å². The Balaban J connectivity index is 1.96. The fraction of sp³-hybridized carbons (Fsp3) is 0.562. The maximum atomic E-state index is 13.2. The molecule has 1 atom stereocenters. The summed E-state index contributed by atoms with van der Waals surface area (Å²) >= 11 is 0. The molecular weight excluding hydrogens is 319 g/mol. The van der Waals surface area contributed by atoms with Gasteiger partial charge in [-0.3, -0.25) is 4.79 Å². The minimum absolute atomic E-state index is 0.0571. The molecule has 1 fully saturated rings. The van der Waals surface area contributed by atoms with Crippen LogP contribution in [-0.4, -0.2) is 38.4 Å². The summed E-state index contributed by atoms with van der Waals surface area (Å²) < 4.78 is 40.3. The van der Waals surface area contributed by atoms with E-state index in [2.05, 4.69) is 4.72 Å². The van der Waals surface area contributed by atoms with Crippen molar-refractivity contribution in [3.05, 3.63) is 29.6 Å². The van der Waals surface area contributed by atoms with Gasteiger partial charge in [0.1, 0.15) is 5.82 Å². The number of aryl methyl sites for hydroxylation is 1. The summed E-state index contributed by atoms with van der Waals surface area (Å²) in [7, 11) is -3.66. The van der Waals surface area contributed by atoms with Gasteiger partial charge in [0, 0.05) is 25.6 Å². The average molecular weight is 342 g/mol. The van der Waals surface area contributed by atoms with Crippen LogP contribution in [0.15, 0.2) is 23.1 Å². The Morgan fingerprint density at radius 1 is 1.39 bits per heavy atom. The molecule has 0 radical (unpaired) electrons. The van der Waals surface area contributed by atoms with Crippen LogP contribution in [0.3, 0.4) is 0 Å². The Bertz CT molecular complexity index is 676. The first kappa shape index (κ1) is 17.9. The summed E-state index contributed by atoms with van der Waals surface area (Å²) in [5.74, 6) is -0.281. The van der Waals surface area contributed by atoms with Crippen LogP contribution >= 0.6 is 0 Å². The Morgan fingerprint density at radius 3 is 2.70 bits per heavy atom. The number of hydrogen-bond acceptors (Lipinski definition) is 3. The normalized spacial score (nSPS) is 16.8. The molecule has 7 heteroatoms. The molecule has 2 rings (SSSR count). The number of hydrogen-bond donors (Lipinski definition) is 1.